The van der Waals surface area contributed by atoms with Crippen molar-refractivity contribution >= 4 is 11.9 Å². The first-order valence-corrected chi connectivity index (χ1v) is 11.1. The van der Waals surface area contributed by atoms with Crippen LogP contribution < -0.4 is 0 Å². The third-order valence-corrected chi connectivity index (χ3v) is 6.16. The molecule has 1 atom stereocenters. The average Bonchev–Trinajstić information content (AvgIpc) is 2.69. The molecule has 0 aromatic heterocycles. The topological polar surface area (TPSA) is 76.1 Å². The lowest BCUT2D eigenvalue weighted by molar-refractivity contribution is -0.303. The van der Waals surface area contributed by atoms with Crippen molar-refractivity contribution in [2.45, 2.75) is 96.2 Å². The molecule has 0 saturated carbocycles. The van der Waals surface area contributed by atoms with Gasteiger partial charge in [0, 0.05) is 36.8 Å². The van der Waals surface area contributed by atoms with Gasteiger partial charge in [0.1, 0.15) is 6.10 Å². The predicted molar refractivity (Wildman–Crippen MR) is 116 cm³/mol. The summed E-state index contributed by atoms with van der Waals surface area (Å²) in [7, 11) is 0. The van der Waals surface area contributed by atoms with Crippen molar-refractivity contribution in [1.29, 1.82) is 0 Å². The molecule has 1 fully saturated rings. The second-order valence-corrected chi connectivity index (χ2v) is 8.87. The van der Waals surface area contributed by atoms with Crippen molar-refractivity contribution in [1.82, 2.24) is 5.06 Å². The standard InChI is InChI=1S/C24H37NO5/c1-5-24(6-2)18-20(30-22(28)14-10-13-21(26)27)17-23(3,4)25(24)29-16-15-19-11-8-7-9-12-19/h7-9,11-12,20H,5-6,10,13-18H2,1-4H3,(H,26,27). The number of benzene rings is 1. The molecule has 2 rings (SSSR count). The van der Waals surface area contributed by atoms with E-state index in [4.69, 9.17) is 14.7 Å². The number of carboxylic acids is 1. The minimum Gasteiger partial charge on any atom is -0.481 e. The number of hydrogen-bond acceptors (Lipinski definition) is 5. The summed E-state index contributed by atoms with van der Waals surface area (Å²) in [6.45, 7) is 9.20. The molecule has 168 valence electrons. The zero-order chi connectivity index (χ0) is 22.2. The van der Waals surface area contributed by atoms with E-state index in [2.05, 4.69) is 44.9 Å². The van der Waals surface area contributed by atoms with Crippen LogP contribution in [-0.2, 0) is 25.6 Å². The SMILES string of the molecule is CCC1(CC)CC(OC(=O)CCCC(=O)O)CC(C)(C)N1OCCc1ccccc1. The highest BCUT2D eigenvalue weighted by molar-refractivity contribution is 5.71. The van der Waals surface area contributed by atoms with Crippen molar-refractivity contribution in [2.24, 2.45) is 0 Å². The van der Waals surface area contributed by atoms with Crippen molar-refractivity contribution in [2.75, 3.05) is 6.61 Å². The summed E-state index contributed by atoms with van der Waals surface area (Å²) in [6, 6.07) is 10.3. The molecule has 1 aliphatic rings. The van der Waals surface area contributed by atoms with Crippen molar-refractivity contribution in [3.8, 4) is 0 Å². The monoisotopic (exact) mass is 419 g/mol. The fraction of sp³-hybridized carbons (Fsp3) is 0.667. The highest BCUT2D eigenvalue weighted by atomic mass is 16.7. The van der Waals surface area contributed by atoms with Gasteiger partial charge in [-0.25, -0.2) is 0 Å². The number of hydrogen-bond donors (Lipinski definition) is 1. The maximum absolute atomic E-state index is 12.2. The fourth-order valence-corrected chi connectivity index (χ4v) is 4.61. The molecule has 0 bridgehead atoms. The Balaban J connectivity index is 2.01. The average molecular weight is 420 g/mol. The van der Waals surface area contributed by atoms with Gasteiger partial charge >= 0.3 is 11.9 Å². The second-order valence-electron chi connectivity index (χ2n) is 8.87. The number of carboxylic acid groups (broad SMARTS) is 1. The van der Waals surface area contributed by atoms with E-state index >= 15 is 0 Å². The number of nitrogens with zero attached hydrogens (tertiary/aromatic N) is 1. The third kappa shape index (κ3) is 6.54. The molecule has 1 aromatic rings. The van der Waals surface area contributed by atoms with E-state index in [1.807, 2.05) is 18.2 Å². The zero-order valence-electron chi connectivity index (χ0n) is 18.9. The predicted octanol–water partition coefficient (Wildman–Crippen LogP) is 4.76. The van der Waals surface area contributed by atoms with Crippen LogP contribution in [0.2, 0.25) is 0 Å². The molecule has 0 spiro atoms. The van der Waals surface area contributed by atoms with Crippen molar-refractivity contribution in [3.05, 3.63) is 35.9 Å². The van der Waals surface area contributed by atoms with Gasteiger partial charge in [0.05, 0.1) is 6.61 Å². The number of aliphatic carboxylic acids is 1. The maximum atomic E-state index is 12.2. The normalized spacial score (nSPS) is 20.6. The van der Waals surface area contributed by atoms with Gasteiger partial charge in [0.25, 0.3) is 0 Å². The van der Waals surface area contributed by atoms with Gasteiger partial charge in [-0.1, -0.05) is 44.2 Å². The highest BCUT2D eigenvalue weighted by Gasteiger charge is 2.50. The molecule has 1 N–H and O–H groups in total. The molecule has 6 heteroatoms. The molecule has 0 amide bonds. The van der Waals surface area contributed by atoms with E-state index in [0.717, 1.165) is 25.7 Å². The zero-order valence-corrected chi connectivity index (χ0v) is 18.9. The molecule has 1 heterocycles. The summed E-state index contributed by atoms with van der Waals surface area (Å²) >= 11 is 0. The Morgan fingerprint density at radius 2 is 1.77 bits per heavy atom. The van der Waals surface area contributed by atoms with Crippen LogP contribution in [0.1, 0.15) is 78.2 Å². The number of rotatable bonds is 11. The largest absolute Gasteiger partial charge is 0.481 e. The van der Waals surface area contributed by atoms with Gasteiger partial charge in [-0.2, -0.15) is 5.06 Å². The maximum Gasteiger partial charge on any atom is 0.306 e. The van der Waals surface area contributed by atoms with E-state index in [9.17, 15) is 9.59 Å². The first-order valence-electron chi connectivity index (χ1n) is 11.1. The molecular weight excluding hydrogens is 382 g/mol. The van der Waals surface area contributed by atoms with Crippen LogP contribution in [0.4, 0.5) is 0 Å². The van der Waals surface area contributed by atoms with E-state index in [-0.39, 0.29) is 36.0 Å². The number of ether oxygens (including phenoxy) is 1. The van der Waals surface area contributed by atoms with Crippen LogP contribution in [0.3, 0.4) is 0 Å². The molecule has 1 aromatic carbocycles. The van der Waals surface area contributed by atoms with E-state index in [1.165, 1.54) is 5.56 Å². The Morgan fingerprint density at radius 3 is 2.37 bits per heavy atom. The number of hydroxylamine groups is 2. The number of carbonyl (C=O) groups is 2. The van der Waals surface area contributed by atoms with Crippen LogP contribution in [0.15, 0.2) is 30.3 Å². The van der Waals surface area contributed by atoms with E-state index < -0.39 is 5.97 Å². The molecule has 1 unspecified atom stereocenters. The third-order valence-electron chi connectivity index (χ3n) is 6.16. The smallest absolute Gasteiger partial charge is 0.306 e. The summed E-state index contributed by atoms with van der Waals surface area (Å²) in [5.74, 6) is -1.20. The summed E-state index contributed by atoms with van der Waals surface area (Å²) in [5, 5.41) is 10.9. The fourth-order valence-electron chi connectivity index (χ4n) is 4.61. The van der Waals surface area contributed by atoms with Gasteiger partial charge in [0.15, 0.2) is 0 Å². The minimum atomic E-state index is -0.888. The summed E-state index contributed by atoms with van der Waals surface area (Å²) in [6.07, 6.45) is 4.30. The molecule has 30 heavy (non-hydrogen) atoms. The molecule has 6 nitrogen and oxygen atoms in total. The quantitative estimate of drug-likeness (QED) is 0.521. The highest BCUT2D eigenvalue weighted by Crippen LogP contribution is 2.44. The number of carbonyl (C=O) groups excluding carboxylic acids is 1. The van der Waals surface area contributed by atoms with Crippen LogP contribution in [0.25, 0.3) is 0 Å². The second kappa shape index (κ2) is 10.9. The Kier molecular flexibility index (Phi) is 8.86. The molecule has 0 aliphatic carbocycles. The number of piperidine rings is 1. The molecular formula is C24H37NO5. The van der Waals surface area contributed by atoms with Crippen molar-refractivity contribution < 1.29 is 24.3 Å². The summed E-state index contributed by atoms with van der Waals surface area (Å²) in [4.78, 5) is 29.3. The minimum absolute atomic E-state index is 0.0118. The van der Waals surface area contributed by atoms with Gasteiger partial charge in [0.2, 0.25) is 0 Å². The molecule has 0 radical (unpaired) electrons. The summed E-state index contributed by atoms with van der Waals surface area (Å²) in [5.41, 5.74) is 0.760. The lowest BCUT2D eigenvalue weighted by atomic mass is 9.75. The van der Waals surface area contributed by atoms with Gasteiger partial charge < -0.3 is 9.84 Å². The van der Waals surface area contributed by atoms with Crippen LogP contribution >= 0.6 is 0 Å². The molecule has 1 aliphatic heterocycles. The van der Waals surface area contributed by atoms with E-state index in [0.29, 0.717) is 19.4 Å². The molecule has 1 saturated heterocycles. The van der Waals surface area contributed by atoms with Crippen LogP contribution in [0, 0.1) is 0 Å². The Labute approximate surface area is 180 Å². The first-order chi connectivity index (χ1) is 14.2. The van der Waals surface area contributed by atoms with Crippen LogP contribution in [0.5, 0.6) is 0 Å². The van der Waals surface area contributed by atoms with Crippen molar-refractivity contribution in [3.63, 3.8) is 0 Å². The van der Waals surface area contributed by atoms with Gasteiger partial charge in [-0.05, 0) is 45.1 Å². The lowest BCUT2D eigenvalue weighted by Gasteiger charge is -2.55. The van der Waals surface area contributed by atoms with Crippen LogP contribution in [-0.4, -0.2) is 45.9 Å². The van der Waals surface area contributed by atoms with E-state index in [1.54, 1.807) is 0 Å². The summed E-state index contributed by atoms with van der Waals surface area (Å²) < 4.78 is 5.78. The first kappa shape index (κ1) is 24.4. The Bertz CT molecular complexity index is 684. The Morgan fingerprint density at radius 1 is 1.10 bits per heavy atom. The van der Waals surface area contributed by atoms with Gasteiger partial charge in [-0.3, -0.25) is 14.4 Å². The van der Waals surface area contributed by atoms with Gasteiger partial charge in [-0.15, -0.1) is 0 Å². The Hall–Kier alpha value is -1.92. The lowest BCUT2D eigenvalue weighted by Crippen LogP contribution is -2.64. The number of esters is 1.